The van der Waals surface area contributed by atoms with E-state index < -0.39 is 5.97 Å². The van der Waals surface area contributed by atoms with Crippen LogP contribution in [-0.2, 0) is 4.79 Å². The van der Waals surface area contributed by atoms with Gasteiger partial charge in [0, 0.05) is 0 Å². The Morgan fingerprint density at radius 2 is 2.09 bits per heavy atom. The lowest BCUT2D eigenvalue weighted by atomic mass is 10.4. The van der Waals surface area contributed by atoms with Crippen LogP contribution in [0, 0.1) is 0 Å². The number of hydrogen-bond acceptors (Lipinski definition) is 3. The molecule has 0 aromatic carbocycles. The van der Waals surface area contributed by atoms with Gasteiger partial charge < -0.3 is 15.7 Å². The Balaban J connectivity index is 0.000000183. The van der Waals surface area contributed by atoms with Crippen LogP contribution in [0.4, 0.5) is 0 Å². The van der Waals surface area contributed by atoms with Crippen molar-refractivity contribution in [2.45, 2.75) is 12.8 Å². The number of likely N-dealkylation sites (N-methyl/N-ethyl adjacent to an activating group) is 1. The molecule has 0 spiro atoms. The largest absolute Gasteiger partial charge is 0.480 e. The van der Waals surface area contributed by atoms with Gasteiger partial charge in [0.15, 0.2) is 0 Å². The Kier molecular flexibility index (Phi) is 7.08. The molecular weight excluding hydrogens is 144 g/mol. The molecule has 0 amide bonds. The molecule has 1 fully saturated rings. The van der Waals surface area contributed by atoms with E-state index in [1.807, 2.05) is 0 Å². The Morgan fingerprint density at radius 1 is 1.55 bits per heavy atom. The molecule has 11 heavy (non-hydrogen) atoms. The third kappa shape index (κ3) is 9.39. The molecule has 0 radical (unpaired) electrons. The number of carbonyl (C=O) groups is 1. The van der Waals surface area contributed by atoms with E-state index in [0.717, 1.165) is 0 Å². The molecule has 1 rings (SSSR count). The second-order valence-electron chi connectivity index (χ2n) is 2.38. The third-order valence-electron chi connectivity index (χ3n) is 1.29. The van der Waals surface area contributed by atoms with Crippen molar-refractivity contribution in [1.29, 1.82) is 0 Å². The van der Waals surface area contributed by atoms with E-state index in [1.54, 1.807) is 7.05 Å². The molecule has 0 saturated carbocycles. The lowest BCUT2D eigenvalue weighted by Gasteiger charge is -1.84. The molecule has 0 aromatic rings. The zero-order chi connectivity index (χ0) is 8.53. The smallest absolute Gasteiger partial charge is 0.317 e. The van der Waals surface area contributed by atoms with Crippen molar-refractivity contribution in [3.8, 4) is 0 Å². The van der Waals surface area contributed by atoms with E-state index in [-0.39, 0.29) is 6.54 Å². The molecule has 0 bridgehead atoms. The van der Waals surface area contributed by atoms with Crippen LogP contribution in [0.3, 0.4) is 0 Å². The average Bonchev–Trinajstić information content (AvgIpc) is 2.41. The van der Waals surface area contributed by atoms with Crippen LogP contribution < -0.4 is 10.6 Å². The van der Waals surface area contributed by atoms with Gasteiger partial charge in [-0.15, -0.1) is 0 Å². The molecule has 4 nitrogen and oxygen atoms in total. The molecule has 0 aliphatic carbocycles. The minimum absolute atomic E-state index is 0.0417. The maximum absolute atomic E-state index is 9.54. The van der Waals surface area contributed by atoms with Gasteiger partial charge >= 0.3 is 5.97 Å². The van der Waals surface area contributed by atoms with Crippen molar-refractivity contribution in [3.05, 3.63) is 0 Å². The van der Waals surface area contributed by atoms with Crippen LogP contribution >= 0.6 is 0 Å². The second kappa shape index (κ2) is 7.50. The second-order valence-corrected chi connectivity index (χ2v) is 2.38. The number of carboxylic acid groups (broad SMARTS) is 1. The molecule has 1 aliphatic rings. The van der Waals surface area contributed by atoms with E-state index in [9.17, 15) is 4.79 Å². The highest BCUT2D eigenvalue weighted by atomic mass is 16.4. The summed E-state index contributed by atoms with van der Waals surface area (Å²) in [5, 5.41) is 13.5. The quantitative estimate of drug-likeness (QED) is 0.517. The summed E-state index contributed by atoms with van der Waals surface area (Å²) in [5.74, 6) is -0.822. The zero-order valence-electron chi connectivity index (χ0n) is 6.89. The molecule has 0 atom stereocenters. The lowest BCUT2D eigenvalue weighted by molar-refractivity contribution is -0.135. The van der Waals surface area contributed by atoms with Gasteiger partial charge in [0.1, 0.15) is 0 Å². The van der Waals surface area contributed by atoms with Crippen molar-refractivity contribution in [3.63, 3.8) is 0 Å². The first-order chi connectivity index (χ1) is 5.27. The average molecular weight is 160 g/mol. The third-order valence-corrected chi connectivity index (χ3v) is 1.29. The van der Waals surface area contributed by atoms with E-state index in [4.69, 9.17) is 5.11 Å². The fourth-order valence-corrected chi connectivity index (χ4v) is 0.776. The van der Waals surface area contributed by atoms with E-state index in [0.29, 0.717) is 0 Å². The molecule has 0 aromatic heterocycles. The summed E-state index contributed by atoms with van der Waals surface area (Å²) in [6.45, 7) is 2.54. The van der Waals surface area contributed by atoms with E-state index >= 15 is 0 Å². The van der Waals surface area contributed by atoms with E-state index in [1.165, 1.54) is 25.9 Å². The lowest BCUT2D eigenvalue weighted by Crippen LogP contribution is -2.16. The number of rotatable bonds is 2. The summed E-state index contributed by atoms with van der Waals surface area (Å²) < 4.78 is 0. The molecule has 1 aliphatic heterocycles. The predicted molar refractivity (Wildman–Crippen MR) is 43.7 cm³/mol. The first kappa shape index (κ1) is 10.4. The first-order valence-electron chi connectivity index (χ1n) is 3.84. The van der Waals surface area contributed by atoms with Gasteiger partial charge in [-0.25, -0.2) is 0 Å². The van der Waals surface area contributed by atoms with Crippen LogP contribution in [-0.4, -0.2) is 37.8 Å². The van der Waals surface area contributed by atoms with Gasteiger partial charge in [0.2, 0.25) is 0 Å². The number of nitrogens with one attached hydrogen (secondary N) is 2. The normalized spacial score (nSPS) is 15.4. The van der Waals surface area contributed by atoms with Crippen molar-refractivity contribution < 1.29 is 9.90 Å². The minimum atomic E-state index is -0.822. The molecular formula is C7H16N2O2. The number of hydrogen-bond donors (Lipinski definition) is 3. The summed E-state index contributed by atoms with van der Waals surface area (Å²) >= 11 is 0. The summed E-state index contributed by atoms with van der Waals surface area (Å²) in [4.78, 5) is 9.54. The van der Waals surface area contributed by atoms with Gasteiger partial charge in [-0.2, -0.15) is 0 Å². The fourth-order valence-electron chi connectivity index (χ4n) is 0.776. The molecule has 1 heterocycles. The highest BCUT2D eigenvalue weighted by Gasteiger charge is 1.93. The van der Waals surface area contributed by atoms with Gasteiger partial charge in [0.05, 0.1) is 6.54 Å². The predicted octanol–water partition coefficient (Wildman–Crippen LogP) is -0.340. The summed E-state index contributed by atoms with van der Waals surface area (Å²) in [5.41, 5.74) is 0. The summed E-state index contributed by atoms with van der Waals surface area (Å²) in [7, 11) is 1.59. The number of aliphatic carboxylic acids is 1. The van der Waals surface area contributed by atoms with E-state index in [2.05, 4.69) is 10.6 Å². The van der Waals surface area contributed by atoms with Crippen molar-refractivity contribution in [2.24, 2.45) is 0 Å². The number of carboxylic acids is 1. The highest BCUT2D eigenvalue weighted by molar-refractivity contribution is 5.68. The molecule has 0 unspecified atom stereocenters. The van der Waals surface area contributed by atoms with Crippen LogP contribution in [0.15, 0.2) is 0 Å². The van der Waals surface area contributed by atoms with Crippen LogP contribution in [0.2, 0.25) is 0 Å². The van der Waals surface area contributed by atoms with Gasteiger partial charge in [-0.1, -0.05) is 0 Å². The Hall–Kier alpha value is -0.610. The topological polar surface area (TPSA) is 61.4 Å². The SMILES string of the molecule is C1CCNC1.CNCC(=O)O. The first-order valence-corrected chi connectivity index (χ1v) is 3.84. The molecule has 4 heteroatoms. The maximum Gasteiger partial charge on any atom is 0.317 e. The van der Waals surface area contributed by atoms with Crippen LogP contribution in [0.5, 0.6) is 0 Å². The minimum Gasteiger partial charge on any atom is -0.480 e. The molecule has 3 N–H and O–H groups in total. The van der Waals surface area contributed by atoms with Crippen LogP contribution in [0.1, 0.15) is 12.8 Å². The van der Waals surface area contributed by atoms with Crippen molar-refractivity contribution in [2.75, 3.05) is 26.7 Å². The Morgan fingerprint density at radius 3 is 2.18 bits per heavy atom. The van der Waals surface area contributed by atoms with Crippen molar-refractivity contribution in [1.82, 2.24) is 10.6 Å². The van der Waals surface area contributed by atoms with Crippen molar-refractivity contribution >= 4 is 5.97 Å². The Bertz CT molecular complexity index is 95.0. The fraction of sp³-hybridized carbons (Fsp3) is 0.857. The van der Waals surface area contributed by atoms with Gasteiger partial charge in [-0.05, 0) is 33.0 Å². The molecule has 1 saturated heterocycles. The van der Waals surface area contributed by atoms with Gasteiger partial charge in [0.25, 0.3) is 0 Å². The summed E-state index contributed by atoms with van der Waals surface area (Å²) in [6.07, 6.45) is 2.78. The monoisotopic (exact) mass is 160 g/mol. The summed E-state index contributed by atoms with van der Waals surface area (Å²) in [6, 6.07) is 0. The standard InChI is InChI=1S/C4H9N.C3H7NO2/c1-2-4-5-3-1;1-4-2-3(5)6/h5H,1-4H2;4H,2H2,1H3,(H,5,6). The van der Waals surface area contributed by atoms with Gasteiger partial charge in [-0.3, -0.25) is 4.79 Å². The Labute approximate surface area is 67.0 Å². The zero-order valence-corrected chi connectivity index (χ0v) is 6.89. The highest BCUT2D eigenvalue weighted by Crippen LogP contribution is 1.90. The molecule has 66 valence electrons. The van der Waals surface area contributed by atoms with Crippen LogP contribution in [0.25, 0.3) is 0 Å². The maximum atomic E-state index is 9.54.